The number of ether oxygens (including phenoxy) is 1. The topological polar surface area (TPSA) is 80.3 Å². The first-order chi connectivity index (χ1) is 12.6. The van der Waals surface area contributed by atoms with Crippen LogP contribution < -0.4 is 15.4 Å². The summed E-state index contributed by atoms with van der Waals surface area (Å²) in [7, 11) is 1.56. The molecule has 0 saturated carbocycles. The van der Waals surface area contributed by atoms with Gasteiger partial charge in [0, 0.05) is 22.8 Å². The van der Waals surface area contributed by atoms with Gasteiger partial charge in [-0.05, 0) is 37.3 Å². The third kappa shape index (κ3) is 3.80. The van der Waals surface area contributed by atoms with Gasteiger partial charge in [-0.25, -0.2) is 0 Å². The molecule has 132 valence electrons. The number of nitrogens with one attached hydrogen (secondary N) is 2. The van der Waals surface area contributed by atoms with Crippen molar-refractivity contribution in [2.24, 2.45) is 0 Å². The zero-order chi connectivity index (χ0) is 18.5. The lowest BCUT2D eigenvalue weighted by atomic mass is 10.1. The van der Waals surface area contributed by atoms with Crippen LogP contribution in [0.2, 0.25) is 0 Å². The van der Waals surface area contributed by atoms with Gasteiger partial charge in [0.25, 0.3) is 0 Å². The lowest BCUT2D eigenvalue weighted by Gasteiger charge is -2.17. The zero-order valence-electron chi connectivity index (χ0n) is 14.5. The van der Waals surface area contributed by atoms with Gasteiger partial charge in [0.05, 0.1) is 18.7 Å². The lowest BCUT2D eigenvalue weighted by molar-refractivity contribution is -0.136. The number of benzene rings is 2. The number of fused-ring (bicyclic) bond motifs is 1. The van der Waals surface area contributed by atoms with Crippen LogP contribution in [0.5, 0.6) is 5.75 Å². The largest absolute Gasteiger partial charge is 0.496 e. The summed E-state index contributed by atoms with van der Waals surface area (Å²) in [6.45, 7) is 1.80. The molecule has 1 atom stereocenters. The van der Waals surface area contributed by atoms with Crippen molar-refractivity contribution in [1.29, 1.82) is 0 Å². The van der Waals surface area contributed by atoms with Crippen molar-refractivity contribution in [2.75, 3.05) is 12.4 Å². The van der Waals surface area contributed by atoms with Crippen LogP contribution in [0, 0.1) is 0 Å². The van der Waals surface area contributed by atoms with E-state index in [1.165, 1.54) is 0 Å². The summed E-state index contributed by atoms with van der Waals surface area (Å²) in [5.41, 5.74) is 2.16. The molecule has 0 unspecified atom stereocenters. The van der Waals surface area contributed by atoms with Crippen molar-refractivity contribution < 1.29 is 14.3 Å². The second kappa shape index (κ2) is 7.65. The maximum Gasteiger partial charge on any atom is 0.313 e. The first-order valence-corrected chi connectivity index (χ1v) is 8.18. The van der Waals surface area contributed by atoms with E-state index < -0.39 is 11.8 Å². The number of hydrogen-bond donors (Lipinski definition) is 2. The van der Waals surface area contributed by atoms with E-state index in [1.54, 1.807) is 44.5 Å². The first-order valence-electron chi connectivity index (χ1n) is 8.18. The second-order valence-corrected chi connectivity index (χ2v) is 5.80. The number of aromatic nitrogens is 1. The molecule has 2 aromatic carbocycles. The van der Waals surface area contributed by atoms with Crippen LogP contribution in [0.1, 0.15) is 18.5 Å². The highest BCUT2D eigenvalue weighted by Gasteiger charge is 2.19. The van der Waals surface area contributed by atoms with E-state index >= 15 is 0 Å². The molecule has 0 fully saturated rings. The third-order valence-corrected chi connectivity index (χ3v) is 4.02. The van der Waals surface area contributed by atoms with Gasteiger partial charge in [0.15, 0.2) is 0 Å². The molecule has 1 heterocycles. The number of methoxy groups -OCH3 is 1. The van der Waals surface area contributed by atoms with Crippen molar-refractivity contribution in [1.82, 2.24) is 10.3 Å². The van der Waals surface area contributed by atoms with E-state index in [1.807, 2.05) is 30.3 Å². The Kier molecular flexibility index (Phi) is 5.12. The summed E-state index contributed by atoms with van der Waals surface area (Å²) >= 11 is 0. The average molecular weight is 349 g/mol. The maximum absolute atomic E-state index is 12.2. The number of rotatable bonds is 4. The van der Waals surface area contributed by atoms with Gasteiger partial charge in [-0.3, -0.25) is 14.6 Å². The van der Waals surface area contributed by atoms with Crippen molar-refractivity contribution in [3.8, 4) is 5.75 Å². The number of para-hydroxylation sites is 1. The average Bonchev–Trinajstić information content (AvgIpc) is 2.67. The number of carbonyl (C=O) groups excluding carboxylic acids is 2. The van der Waals surface area contributed by atoms with Crippen LogP contribution in [0.3, 0.4) is 0 Å². The smallest absolute Gasteiger partial charge is 0.313 e. The molecule has 0 radical (unpaired) electrons. The SMILES string of the molecule is COc1ccccc1[C@H](C)NC(=O)C(=O)Nc1ccc2ncccc2c1. The summed E-state index contributed by atoms with van der Waals surface area (Å²) in [5, 5.41) is 6.18. The summed E-state index contributed by atoms with van der Waals surface area (Å²) in [4.78, 5) is 28.6. The van der Waals surface area contributed by atoms with E-state index in [2.05, 4.69) is 15.6 Å². The number of hydrogen-bond acceptors (Lipinski definition) is 4. The van der Waals surface area contributed by atoms with E-state index in [0.717, 1.165) is 16.5 Å². The molecule has 0 aliphatic rings. The van der Waals surface area contributed by atoms with Crippen LogP contribution in [0.4, 0.5) is 5.69 Å². The first kappa shape index (κ1) is 17.4. The molecule has 6 heteroatoms. The van der Waals surface area contributed by atoms with Gasteiger partial charge in [0.1, 0.15) is 5.75 Å². The zero-order valence-corrected chi connectivity index (χ0v) is 14.5. The second-order valence-electron chi connectivity index (χ2n) is 5.80. The predicted molar refractivity (Wildman–Crippen MR) is 99.9 cm³/mol. The van der Waals surface area contributed by atoms with E-state index in [4.69, 9.17) is 4.74 Å². The Bertz CT molecular complexity index is 956. The standard InChI is InChI=1S/C20H19N3O3/c1-13(16-7-3-4-8-18(16)26-2)22-19(24)20(25)23-15-9-10-17-14(12-15)6-5-11-21-17/h3-13H,1-2H3,(H,22,24)(H,23,25)/t13-/m0/s1. The molecule has 26 heavy (non-hydrogen) atoms. The molecule has 0 spiro atoms. The summed E-state index contributed by atoms with van der Waals surface area (Å²) in [5.74, 6) is -0.785. The molecule has 2 amide bonds. The number of anilines is 1. The van der Waals surface area contributed by atoms with Crippen molar-refractivity contribution >= 4 is 28.4 Å². The van der Waals surface area contributed by atoms with Crippen LogP contribution >= 0.6 is 0 Å². The lowest BCUT2D eigenvalue weighted by Crippen LogP contribution is -2.37. The van der Waals surface area contributed by atoms with E-state index in [9.17, 15) is 9.59 Å². The van der Waals surface area contributed by atoms with Crippen molar-refractivity contribution in [3.63, 3.8) is 0 Å². The number of amides is 2. The normalized spacial score (nSPS) is 11.6. The fourth-order valence-electron chi connectivity index (χ4n) is 2.71. The Morgan fingerprint density at radius 2 is 1.85 bits per heavy atom. The van der Waals surface area contributed by atoms with Gasteiger partial charge in [0.2, 0.25) is 0 Å². The van der Waals surface area contributed by atoms with Crippen LogP contribution in [-0.2, 0) is 9.59 Å². The molecule has 3 rings (SSSR count). The summed E-state index contributed by atoms with van der Waals surface area (Å²) in [6, 6.07) is 16.0. The summed E-state index contributed by atoms with van der Waals surface area (Å²) in [6.07, 6.45) is 1.70. The maximum atomic E-state index is 12.2. The number of pyridine rings is 1. The quantitative estimate of drug-likeness (QED) is 0.710. The molecule has 3 aromatic rings. The molecular formula is C20H19N3O3. The third-order valence-electron chi connectivity index (χ3n) is 4.02. The number of nitrogens with zero attached hydrogens (tertiary/aromatic N) is 1. The van der Waals surface area contributed by atoms with Gasteiger partial charge < -0.3 is 15.4 Å². The molecule has 0 aliphatic carbocycles. The minimum Gasteiger partial charge on any atom is -0.496 e. The minimum atomic E-state index is -0.727. The fraction of sp³-hybridized carbons (Fsp3) is 0.150. The van der Waals surface area contributed by atoms with E-state index in [-0.39, 0.29) is 6.04 Å². The highest BCUT2D eigenvalue weighted by Crippen LogP contribution is 2.24. The van der Waals surface area contributed by atoms with Crippen molar-refractivity contribution in [2.45, 2.75) is 13.0 Å². The van der Waals surface area contributed by atoms with E-state index in [0.29, 0.717) is 11.4 Å². The minimum absolute atomic E-state index is 0.370. The Balaban J connectivity index is 1.68. The molecule has 0 aliphatic heterocycles. The van der Waals surface area contributed by atoms with Crippen molar-refractivity contribution in [3.05, 3.63) is 66.4 Å². The van der Waals surface area contributed by atoms with Crippen LogP contribution in [-0.4, -0.2) is 23.9 Å². The predicted octanol–water partition coefficient (Wildman–Crippen LogP) is 3.06. The molecular weight excluding hydrogens is 330 g/mol. The van der Waals surface area contributed by atoms with Gasteiger partial charge in [-0.1, -0.05) is 24.3 Å². The van der Waals surface area contributed by atoms with Gasteiger partial charge >= 0.3 is 11.8 Å². The van der Waals surface area contributed by atoms with Crippen LogP contribution in [0.25, 0.3) is 10.9 Å². The molecule has 2 N–H and O–H groups in total. The van der Waals surface area contributed by atoms with Gasteiger partial charge in [-0.15, -0.1) is 0 Å². The number of carbonyl (C=O) groups is 2. The Hall–Kier alpha value is -3.41. The fourth-order valence-corrected chi connectivity index (χ4v) is 2.71. The Morgan fingerprint density at radius 1 is 1.04 bits per heavy atom. The monoisotopic (exact) mass is 349 g/mol. The summed E-state index contributed by atoms with van der Waals surface area (Å²) < 4.78 is 5.29. The molecule has 6 nitrogen and oxygen atoms in total. The van der Waals surface area contributed by atoms with Crippen LogP contribution in [0.15, 0.2) is 60.8 Å². The Morgan fingerprint density at radius 3 is 2.65 bits per heavy atom. The molecule has 0 bridgehead atoms. The molecule has 1 aromatic heterocycles. The molecule has 0 saturated heterocycles. The highest BCUT2D eigenvalue weighted by molar-refractivity contribution is 6.39. The highest BCUT2D eigenvalue weighted by atomic mass is 16.5. The Labute approximate surface area is 151 Å². The van der Waals surface area contributed by atoms with Gasteiger partial charge in [-0.2, -0.15) is 0 Å².